The largest absolute Gasteiger partial charge is 0.495 e. The first-order valence-corrected chi connectivity index (χ1v) is 6.88. The van der Waals surface area contributed by atoms with Crippen LogP contribution in [0.5, 0.6) is 5.75 Å². The molecule has 106 valence electrons. The number of likely N-dealkylation sites (N-methyl/N-ethyl adjacent to an activating group) is 2. The predicted molar refractivity (Wildman–Crippen MR) is 80.3 cm³/mol. The Balaban J connectivity index is 2.06. The van der Waals surface area contributed by atoms with Crippen molar-refractivity contribution in [2.75, 3.05) is 52.3 Å². The van der Waals surface area contributed by atoms with E-state index in [1.165, 1.54) is 5.56 Å². The van der Waals surface area contributed by atoms with Gasteiger partial charge in [-0.05, 0) is 31.7 Å². The fourth-order valence-electron chi connectivity index (χ4n) is 2.64. The molecule has 0 saturated carbocycles. The van der Waals surface area contributed by atoms with Crippen LogP contribution in [0.25, 0.3) is 0 Å². The molecule has 0 aromatic heterocycles. The minimum Gasteiger partial charge on any atom is -0.495 e. The predicted octanol–water partition coefficient (Wildman–Crippen LogP) is 1.34. The van der Waals surface area contributed by atoms with E-state index >= 15 is 0 Å². The normalized spacial score (nSPS) is 20.3. The molecule has 0 radical (unpaired) electrons. The molecule has 0 amide bonds. The van der Waals surface area contributed by atoms with Crippen molar-refractivity contribution in [2.24, 2.45) is 0 Å². The molecule has 1 heterocycles. The first kappa shape index (κ1) is 14.2. The van der Waals surface area contributed by atoms with Crippen LogP contribution in [-0.2, 0) is 0 Å². The lowest BCUT2D eigenvalue weighted by Gasteiger charge is -2.34. The zero-order valence-corrected chi connectivity index (χ0v) is 12.4. The van der Waals surface area contributed by atoms with E-state index in [1.54, 1.807) is 7.11 Å². The second-order valence-electron chi connectivity index (χ2n) is 5.47. The average Bonchev–Trinajstić information content (AvgIpc) is 2.38. The van der Waals surface area contributed by atoms with Crippen molar-refractivity contribution in [3.8, 4) is 5.75 Å². The molecule has 1 N–H and O–H groups in total. The van der Waals surface area contributed by atoms with Crippen molar-refractivity contribution in [3.63, 3.8) is 0 Å². The van der Waals surface area contributed by atoms with Crippen molar-refractivity contribution in [1.29, 1.82) is 0 Å². The molecule has 0 bridgehead atoms. The third-order valence-corrected chi connectivity index (χ3v) is 3.70. The quantitative estimate of drug-likeness (QED) is 0.887. The van der Waals surface area contributed by atoms with Gasteiger partial charge in [-0.2, -0.15) is 0 Å². The molecule has 0 aliphatic carbocycles. The number of rotatable bonds is 4. The number of hydrogen-bond acceptors (Lipinski definition) is 4. The van der Waals surface area contributed by atoms with E-state index in [-0.39, 0.29) is 0 Å². The summed E-state index contributed by atoms with van der Waals surface area (Å²) < 4.78 is 5.46. The first-order valence-electron chi connectivity index (χ1n) is 6.88. The van der Waals surface area contributed by atoms with Crippen LogP contribution in [-0.4, -0.2) is 58.3 Å². The molecular formula is C15H25N3O. The topological polar surface area (TPSA) is 27.7 Å². The van der Waals surface area contributed by atoms with Crippen LogP contribution in [0.4, 0.5) is 5.69 Å². The number of methoxy groups -OCH3 is 1. The fourth-order valence-corrected chi connectivity index (χ4v) is 2.64. The number of hydrogen-bond donors (Lipinski definition) is 1. The van der Waals surface area contributed by atoms with Crippen LogP contribution >= 0.6 is 0 Å². The van der Waals surface area contributed by atoms with Gasteiger partial charge in [-0.3, -0.25) is 0 Å². The Kier molecular flexibility index (Phi) is 4.66. The lowest BCUT2D eigenvalue weighted by Crippen LogP contribution is -2.53. The van der Waals surface area contributed by atoms with Gasteiger partial charge in [0.05, 0.1) is 12.8 Å². The summed E-state index contributed by atoms with van der Waals surface area (Å²) in [7, 11) is 6.04. The molecular weight excluding hydrogens is 238 g/mol. The Morgan fingerprint density at radius 1 is 1.47 bits per heavy atom. The standard InChI is InChI=1S/C15H25N3O/c1-12-5-6-15(19-4)14(9-12)18(3)11-13-10-17(2)8-7-16-13/h5-6,9,13,16H,7-8,10-11H2,1-4H3. The second-order valence-corrected chi connectivity index (χ2v) is 5.47. The summed E-state index contributed by atoms with van der Waals surface area (Å²) in [5.74, 6) is 0.942. The van der Waals surface area contributed by atoms with Gasteiger partial charge in [0.25, 0.3) is 0 Å². The van der Waals surface area contributed by atoms with Gasteiger partial charge < -0.3 is 19.9 Å². The van der Waals surface area contributed by atoms with Gasteiger partial charge in [-0.15, -0.1) is 0 Å². The molecule has 1 unspecified atom stereocenters. The number of anilines is 1. The Bertz CT molecular complexity index is 422. The van der Waals surface area contributed by atoms with Crippen LogP contribution in [0, 0.1) is 6.92 Å². The Morgan fingerprint density at radius 3 is 2.95 bits per heavy atom. The summed E-state index contributed by atoms with van der Waals surface area (Å²) in [5.41, 5.74) is 2.42. The molecule has 1 aliphatic rings. The molecule has 1 aromatic rings. The van der Waals surface area contributed by atoms with Crippen molar-refractivity contribution in [1.82, 2.24) is 10.2 Å². The van der Waals surface area contributed by atoms with Crippen LogP contribution in [0.3, 0.4) is 0 Å². The monoisotopic (exact) mass is 263 g/mol. The van der Waals surface area contributed by atoms with Crippen LogP contribution in [0.15, 0.2) is 18.2 Å². The third kappa shape index (κ3) is 3.61. The van der Waals surface area contributed by atoms with E-state index in [0.29, 0.717) is 6.04 Å². The van der Waals surface area contributed by atoms with Gasteiger partial charge >= 0.3 is 0 Å². The van der Waals surface area contributed by atoms with Gasteiger partial charge in [0.1, 0.15) is 5.75 Å². The molecule has 1 fully saturated rings. The maximum Gasteiger partial charge on any atom is 0.142 e. The highest BCUT2D eigenvalue weighted by atomic mass is 16.5. The Morgan fingerprint density at radius 2 is 2.26 bits per heavy atom. The summed E-state index contributed by atoms with van der Waals surface area (Å²) in [4.78, 5) is 4.66. The van der Waals surface area contributed by atoms with E-state index in [1.807, 2.05) is 6.07 Å². The molecule has 0 spiro atoms. The smallest absolute Gasteiger partial charge is 0.142 e. The van der Waals surface area contributed by atoms with Crippen molar-refractivity contribution < 1.29 is 4.74 Å². The third-order valence-electron chi connectivity index (χ3n) is 3.70. The van der Waals surface area contributed by atoms with Crippen LogP contribution in [0.1, 0.15) is 5.56 Å². The number of nitrogens with one attached hydrogen (secondary N) is 1. The highest BCUT2D eigenvalue weighted by molar-refractivity contribution is 5.59. The lowest BCUT2D eigenvalue weighted by atomic mass is 10.1. The zero-order chi connectivity index (χ0) is 13.8. The van der Waals surface area contributed by atoms with Crippen molar-refractivity contribution >= 4 is 5.69 Å². The van der Waals surface area contributed by atoms with Gasteiger partial charge in [-0.1, -0.05) is 6.07 Å². The summed E-state index contributed by atoms with van der Waals surface area (Å²) >= 11 is 0. The number of nitrogens with zero attached hydrogens (tertiary/aromatic N) is 2. The highest BCUT2D eigenvalue weighted by Crippen LogP contribution is 2.28. The number of ether oxygens (including phenoxy) is 1. The Labute approximate surface area is 116 Å². The molecule has 1 aromatic carbocycles. The van der Waals surface area contributed by atoms with Crippen molar-refractivity contribution in [2.45, 2.75) is 13.0 Å². The summed E-state index contributed by atoms with van der Waals surface area (Å²) in [5, 5.41) is 3.58. The van der Waals surface area contributed by atoms with Gasteiger partial charge in [-0.25, -0.2) is 0 Å². The molecule has 4 heteroatoms. The van der Waals surface area contributed by atoms with Gasteiger partial charge in [0.2, 0.25) is 0 Å². The van der Waals surface area contributed by atoms with E-state index in [4.69, 9.17) is 4.74 Å². The summed E-state index contributed by atoms with van der Waals surface area (Å²) in [6, 6.07) is 6.82. The summed E-state index contributed by atoms with van der Waals surface area (Å²) in [6.07, 6.45) is 0. The van der Waals surface area contributed by atoms with Gasteiger partial charge in [0, 0.05) is 39.3 Å². The molecule has 1 aliphatic heterocycles. The van der Waals surface area contributed by atoms with Crippen LogP contribution in [0.2, 0.25) is 0 Å². The maximum absolute atomic E-state index is 5.46. The molecule has 1 atom stereocenters. The SMILES string of the molecule is COc1ccc(C)cc1N(C)CC1CN(C)CCN1. The number of benzene rings is 1. The zero-order valence-electron chi connectivity index (χ0n) is 12.4. The lowest BCUT2D eigenvalue weighted by molar-refractivity contribution is 0.241. The minimum absolute atomic E-state index is 0.508. The van der Waals surface area contributed by atoms with Crippen LogP contribution < -0.4 is 15.0 Å². The highest BCUT2D eigenvalue weighted by Gasteiger charge is 2.19. The van der Waals surface area contributed by atoms with E-state index < -0.39 is 0 Å². The van der Waals surface area contributed by atoms with E-state index in [2.05, 4.69) is 48.3 Å². The Hall–Kier alpha value is -1.26. The minimum atomic E-state index is 0.508. The second kappa shape index (κ2) is 6.26. The average molecular weight is 263 g/mol. The summed E-state index contributed by atoms with van der Waals surface area (Å²) in [6.45, 7) is 6.40. The van der Waals surface area contributed by atoms with Gasteiger partial charge in [0.15, 0.2) is 0 Å². The van der Waals surface area contributed by atoms with E-state index in [9.17, 15) is 0 Å². The maximum atomic E-state index is 5.46. The number of aryl methyl sites for hydroxylation is 1. The fraction of sp³-hybridized carbons (Fsp3) is 0.600. The molecule has 2 rings (SSSR count). The van der Waals surface area contributed by atoms with E-state index in [0.717, 1.165) is 37.6 Å². The molecule has 19 heavy (non-hydrogen) atoms. The van der Waals surface area contributed by atoms with Crippen molar-refractivity contribution in [3.05, 3.63) is 23.8 Å². The first-order chi connectivity index (χ1) is 9.10. The number of piperazine rings is 1. The molecule has 1 saturated heterocycles. The molecule has 4 nitrogen and oxygen atoms in total.